The van der Waals surface area contributed by atoms with Gasteiger partial charge in [0.25, 0.3) is 5.91 Å². The second kappa shape index (κ2) is 8.49. The third-order valence-electron chi connectivity index (χ3n) is 5.37. The van der Waals surface area contributed by atoms with Crippen LogP contribution >= 0.6 is 0 Å². The lowest BCUT2D eigenvalue weighted by molar-refractivity contribution is -0.140. The minimum Gasteiger partial charge on any atom is -0.480 e. The molecular weight excluding hydrogens is 399 g/mol. The number of nitrogens with zero attached hydrogens (tertiary/aromatic N) is 2. The van der Waals surface area contributed by atoms with E-state index in [-0.39, 0.29) is 28.9 Å². The molecule has 162 valence electrons. The van der Waals surface area contributed by atoms with Crippen LogP contribution in [-0.2, 0) is 11.0 Å². The lowest BCUT2D eigenvalue weighted by atomic mass is 10.0. The molecule has 1 saturated carbocycles. The molecule has 1 aliphatic carbocycles. The van der Waals surface area contributed by atoms with Crippen LogP contribution in [0.2, 0.25) is 0 Å². The summed E-state index contributed by atoms with van der Waals surface area (Å²) in [6.45, 7) is 3.31. The largest absolute Gasteiger partial charge is 0.480 e. The average molecular weight is 423 g/mol. The zero-order valence-electron chi connectivity index (χ0n) is 16.7. The fourth-order valence-corrected chi connectivity index (χ4v) is 3.82. The number of carboxylic acid groups (broad SMARTS) is 1. The zero-order chi connectivity index (χ0) is 22.1. The van der Waals surface area contributed by atoms with Gasteiger partial charge >= 0.3 is 12.1 Å². The summed E-state index contributed by atoms with van der Waals surface area (Å²) in [4.78, 5) is 24.1. The topological polar surface area (TPSA) is 84.2 Å². The van der Waals surface area contributed by atoms with E-state index in [2.05, 4.69) is 10.4 Å². The van der Waals surface area contributed by atoms with E-state index in [1.165, 1.54) is 28.9 Å². The zero-order valence-corrected chi connectivity index (χ0v) is 16.7. The number of aliphatic carboxylic acids is 1. The molecule has 0 bridgehead atoms. The first-order valence-electron chi connectivity index (χ1n) is 9.89. The van der Waals surface area contributed by atoms with Gasteiger partial charge in [0, 0.05) is 5.56 Å². The number of nitrogens with one attached hydrogen (secondary N) is 1. The third-order valence-corrected chi connectivity index (χ3v) is 5.37. The summed E-state index contributed by atoms with van der Waals surface area (Å²) in [6.07, 6.45) is -1.18. The predicted octanol–water partition coefficient (Wildman–Crippen LogP) is 4.52. The highest BCUT2D eigenvalue weighted by Crippen LogP contribution is 2.40. The summed E-state index contributed by atoms with van der Waals surface area (Å²) in [6, 6.07) is 5.27. The van der Waals surface area contributed by atoms with Crippen LogP contribution in [0.25, 0.3) is 11.3 Å². The molecule has 0 radical (unpaired) electrons. The summed E-state index contributed by atoms with van der Waals surface area (Å²) < 4.78 is 42.2. The molecule has 1 atom stereocenters. The molecule has 1 amide bonds. The molecule has 2 aromatic rings. The predicted molar refractivity (Wildman–Crippen MR) is 104 cm³/mol. The fourth-order valence-electron chi connectivity index (χ4n) is 3.82. The molecule has 9 heteroatoms. The van der Waals surface area contributed by atoms with E-state index >= 15 is 0 Å². The average Bonchev–Trinajstić information content (AvgIpc) is 3.34. The van der Waals surface area contributed by atoms with E-state index in [9.17, 15) is 27.9 Å². The Morgan fingerprint density at radius 2 is 1.83 bits per heavy atom. The van der Waals surface area contributed by atoms with Crippen LogP contribution in [0.1, 0.15) is 61.6 Å². The highest BCUT2D eigenvalue weighted by Gasteiger charge is 2.35. The van der Waals surface area contributed by atoms with Gasteiger partial charge < -0.3 is 10.4 Å². The minimum atomic E-state index is -4.56. The van der Waals surface area contributed by atoms with Crippen LogP contribution in [0.4, 0.5) is 13.2 Å². The van der Waals surface area contributed by atoms with Crippen LogP contribution < -0.4 is 5.32 Å². The smallest absolute Gasteiger partial charge is 0.417 e. The molecular formula is C21H24F3N3O3. The molecule has 0 saturated heterocycles. The maximum absolute atomic E-state index is 13.6. The molecule has 0 spiro atoms. The highest BCUT2D eigenvalue weighted by atomic mass is 19.4. The Balaban J connectivity index is 2.05. The standard InChI is InChI=1S/C21H24F3N3O3/c1-12(2)18(20(29)30)25-19(28)16-11-17(27(26-16)13-7-3-4-8-13)14-9-5-6-10-15(14)21(22,23)24/h5-6,9-13,18H,3-4,7-8H2,1-2H3,(H,25,28)(H,29,30)/t18-/m0/s1. The van der Waals surface area contributed by atoms with E-state index in [0.717, 1.165) is 31.7 Å². The van der Waals surface area contributed by atoms with Crippen LogP contribution in [-0.4, -0.2) is 32.8 Å². The summed E-state index contributed by atoms with van der Waals surface area (Å²) in [5.41, 5.74) is -0.749. The van der Waals surface area contributed by atoms with Crippen molar-refractivity contribution >= 4 is 11.9 Å². The summed E-state index contributed by atoms with van der Waals surface area (Å²) in [7, 11) is 0. The quantitative estimate of drug-likeness (QED) is 0.715. The lowest BCUT2D eigenvalue weighted by Gasteiger charge is -2.17. The van der Waals surface area contributed by atoms with Gasteiger partial charge in [0.15, 0.2) is 5.69 Å². The Morgan fingerprint density at radius 1 is 1.20 bits per heavy atom. The van der Waals surface area contributed by atoms with Gasteiger partial charge in [0.1, 0.15) is 6.04 Å². The Hall–Kier alpha value is -2.84. The van der Waals surface area contributed by atoms with Gasteiger partial charge in [-0.3, -0.25) is 9.48 Å². The van der Waals surface area contributed by atoms with E-state index in [1.807, 2.05) is 0 Å². The molecule has 6 nitrogen and oxygen atoms in total. The first-order valence-corrected chi connectivity index (χ1v) is 9.89. The molecule has 3 rings (SSSR count). The van der Waals surface area contributed by atoms with Crippen molar-refractivity contribution in [3.05, 3.63) is 41.6 Å². The van der Waals surface area contributed by atoms with Crippen molar-refractivity contribution in [1.29, 1.82) is 0 Å². The van der Waals surface area contributed by atoms with Crippen molar-refractivity contribution in [2.24, 2.45) is 5.92 Å². The fraction of sp³-hybridized carbons (Fsp3) is 0.476. The van der Waals surface area contributed by atoms with Gasteiger partial charge in [-0.1, -0.05) is 44.9 Å². The van der Waals surface area contributed by atoms with Crippen LogP contribution in [0.3, 0.4) is 0 Å². The van der Waals surface area contributed by atoms with Crippen molar-refractivity contribution < 1.29 is 27.9 Å². The first kappa shape index (κ1) is 21.9. The number of carboxylic acids is 1. The van der Waals surface area contributed by atoms with Gasteiger partial charge in [-0.25, -0.2) is 4.79 Å². The number of hydrogen-bond acceptors (Lipinski definition) is 3. The van der Waals surface area contributed by atoms with Crippen molar-refractivity contribution in [3.63, 3.8) is 0 Å². The normalized spacial score (nSPS) is 16.1. The number of carbonyl (C=O) groups excluding carboxylic acids is 1. The van der Waals surface area contributed by atoms with Crippen LogP contribution in [0.15, 0.2) is 30.3 Å². The maximum atomic E-state index is 13.6. The summed E-state index contributed by atoms with van der Waals surface area (Å²) >= 11 is 0. The Labute approximate surface area is 172 Å². The van der Waals surface area contributed by atoms with E-state index in [4.69, 9.17) is 0 Å². The van der Waals surface area contributed by atoms with E-state index < -0.39 is 29.7 Å². The summed E-state index contributed by atoms with van der Waals surface area (Å²) in [5, 5.41) is 16.0. The molecule has 1 aromatic carbocycles. The van der Waals surface area contributed by atoms with Gasteiger partial charge in [-0.05, 0) is 30.9 Å². The number of halogens is 3. The highest BCUT2D eigenvalue weighted by molar-refractivity contribution is 5.96. The first-order chi connectivity index (χ1) is 14.1. The lowest BCUT2D eigenvalue weighted by Crippen LogP contribution is -2.44. The van der Waals surface area contributed by atoms with Gasteiger partial charge in [-0.2, -0.15) is 18.3 Å². The number of benzene rings is 1. The summed E-state index contributed by atoms with van der Waals surface area (Å²) in [5.74, 6) is -2.27. The number of aromatic nitrogens is 2. The minimum absolute atomic E-state index is 0.0536. The number of carbonyl (C=O) groups is 2. The van der Waals surface area contributed by atoms with Crippen LogP contribution in [0.5, 0.6) is 0 Å². The Bertz CT molecular complexity index is 931. The van der Waals surface area contributed by atoms with Gasteiger partial charge in [-0.15, -0.1) is 0 Å². The number of rotatable bonds is 6. The van der Waals surface area contributed by atoms with Crippen LogP contribution in [0, 0.1) is 5.92 Å². The molecule has 0 unspecified atom stereocenters. The molecule has 1 heterocycles. The SMILES string of the molecule is CC(C)[C@H](NC(=O)c1cc(-c2ccccc2C(F)(F)F)n(C2CCCC2)n1)C(=O)O. The van der Waals surface area contributed by atoms with E-state index in [0.29, 0.717) is 0 Å². The Morgan fingerprint density at radius 3 is 2.40 bits per heavy atom. The van der Waals surface area contributed by atoms with Gasteiger partial charge in [0.05, 0.1) is 17.3 Å². The molecule has 1 fully saturated rings. The molecule has 2 N–H and O–H groups in total. The second-order valence-corrected chi connectivity index (χ2v) is 7.87. The molecule has 0 aliphatic heterocycles. The maximum Gasteiger partial charge on any atom is 0.417 e. The van der Waals surface area contributed by atoms with E-state index in [1.54, 1.807) is 13.8 Å². The number of amides is 1. The number of hydrogen-bond donors (Lipinski definition) is 2. The molecule has 30 heavy (non-hydrogen) atoms. The van der Waals surface area contributed by atoms with Gasteiger partial charge in [0.2, 0.25) is 0 Å². The second-order valence-electron chi connectivity index (χ2n) is 7.87. The van der Waals surface area contributed by atoms with Crippen molar-refractivity contribution in [2.45, 2.75) is 57.8 Å². The molecule has 1 aromatic heterocycles. The Kier molecular flexibility index (Phi) is 6.19. The van der Waals surface area contributed by atoms with Crippen molar-refractivity contribution in [3.8, 4) is 11.3 Å². The third kappa shape index (κ3) is 4.49. The van der Waals surface area contributed by atoms with Crippen molar-refractivity contribution in [2.75, 3.05) is 0 Å². The molecule has 1 aliphatic rings. The number of alkyl halides is 3. The monoisotopic (exact) mass is 423 g/mol. The van der Waals surface area contributed by atoms with Crippen molar-refractivity contribution in [1.82, 2.24) is 15.1 Å².